The van der Waals surface area contributed by atoms with Gasteiger partial charge in [0.15, 0.2) is 0 Å². The number of aromatic nitrogens is 2. The number of nitrogens with two attached hydrogens (primary N) is 1. The Morgan fingerprint density at radius 3 is 2.26 bits per heavy atom. The van der Waals surface area contributed by atoms with Gasteiger partial charge in [0.05, 0.1) is 25.5 Å². The van der Waals surface area contributed by atoms with Gasteiger partial charge in [-0.05, 0) is 6.92 Å². The highest BCUT2D eigenvalue weighted by Crippen LogP contribution is 2.22. The van der Waals surface area contributed by atoms with E-state index in [0.717, 1.165) is 18.8 Å². The Bertz CT molecular complexity index is 360. The fourth-order valence-electron chi connectivity index (χ4n) is 2.16. The molecule has 1 aromatic heterocycles. The molecule has 6 heteroatoms. The van der Waals surface area contributed by atoms with Crippen molar-refractivity contribution >= 4 is 0 Å². The summed E-state index contributed by atoms with van der Waals surface area (Å²) in [5.74, 6) is 0. The summed E-state index contributed by atoms with van der Waals surface area (Å²) < 4.78 is 12.2. The molecule has 6 nitrogen and oxygen atoms in total. The average molecular weight is 270 g/mol. The van der Waals surface area contributed by atoms with E-state index in [1.807, 2.05) is 17.9 Å². The van der Waals surface area contributed by atoms with Crippen LogP contribution in [0.2, 0.25) is 0 Å². The molecule has 1 atom stereocenters. The molecule has 2 N–H and O–H groups in total. The molecule has 110 valence electrons. The Labute approximate surface area is 115 Å². The maximum Gasteiger partial charge on any atom is 0.0589 e. The zero-order valence-corrected chi connectivity index (χ0v) is 12.4. The Morgan fingerprint density at radius 2 is 1.89 bits per heavy atom. The normalized spacial score (nSPS) is 13.2. The van der Waals surface area contributed by atoms with Crippen LogP contribution < -0.4 is 5.73 Å². The van der Waals surface area contributed by atoms with E-state index in [4.69, 9.17) is 15.2 Å². The summed E-state index contributed by atoms with van der Waals surface area (Å²) in [5.41, 5.74) is 8.29. The fraction of sp³-hybridized carbons (Fsp3) is 0.769. The van der Waals surface area contributed by atoms with Crippen molar-refractivity contribution < 1.29 is 9.47 Å². The largest absolute Gasteiger partial charge is 0.383 e. The summed E-state index contributed by atoms with van der Waals surface area (Å²) in [5, 5.41) is 4.30. The molecule has 0 aliphatic rings. The standard InChI is InChI=1S/C13H26N4O2/c1-11-12(10-15-16(11)2)13(9-14)17(5-7-18-3)6-8-19-4/h10,13H,5-9,14H2,1-4H3. The second-order valence-corrected chi connectivity index (χ2v) is 4.58. The lowest BCUT2D eigenvalue weighted by Crippen LogP contribution is -2.38. The van der Waals surface area contributed by atoms with Crippen LogP contribution in [0.3, 0.4) is 0 Å². The molecule has 1 rings (SSSR count). The molecule has 0 radical (unpaired) electrons. The number of ether oxygens (including phenoxy) is 2. The van der Waals surface area contributed by atoms with Gasteiger partial charge in [0.2, 0.25) is 0 Å². The van der Waals surface area contributed by atoms with E-state index in [-0.39, 0.29) is 6.04 Å². The van der Waals surface area contributed by atoms with Crippen molar-refractivity contribution in [3.8, 4) is 0 Å². The first-order valence-electron chi connectivity index (χ1n) is 6.56. The number of nitrogens with zero attached hydrogens (tertiary/aromatic N) is 3. The molecule has 0 saturated heterocycles. The average Bonchev–Trinajstić information content (AvgIpc) is 2.74. The minimum atomic E-state index is 0.152. The van der Waals surface area contributed by atoms with Crippen molar-refractivity contribution in [3.05, 3.63) is 17.5 Å². The van der Waals surface area contributed by atoms with E-state index < -0.39 is 0 Å². The van der Waals surface area contributed by atoms with Crippen molar-refractivity contribution in [2.24, 2.45) is 12.8 Å². The lowest BCUT2D eigenvalue weighted by Gasteiger charge is -2.30. The third-order valence-corrected chi connectivity index (χ3v) is 3.46. The summed E-state index contributed by atoms with van der Waals surface area (Å²) in [7, 11) is 5.36. The maximum atomic E-state index is 5.97. The summed E-state index contributed by atoms with van der Waals surface area (Å²) in [6.45, 7) is 5.64. The monoisotopic (exact) mass is 270 g/mol. The summed E-state index contributed by atoms with van der Waals surface area (Å²) in [6.07, 6.45) is 1.90. The lowest BCUT2D eigenvalue weighted by atomic mass is 10.1. The van der Waals surface area contributed by atoms with Crippen LogP contribution in [0.5, 0.6) is 0 Å². The van der Waals surface area contributed by atoms with E-state index in [0.29, 0.717) is 19.8 Å². The maximum absolute atomic E-state index is 5.97. The predicted octanol–water partition coefficient (Wildman–Crippen LogP) is 0.323. The zero-order valence-electron chi connectivity index (χ0n) is 12.4. The Kier molecular flexibility index (Phi) is 7.01. The third-order valence-electron chi connectivity index (χ3n) is 3.46. The van der Waals surface area contributed by atoms with Crippen LogP contribution in [-0.2, 0) is 16.5 Å². The van der Waals surface area contributed by atoms with Crippen LogP contribution >= 0.6 is 0 Å². The quantitative estimate of drug-likeness (QED) is 0.700. The van der Waals surface area contributed by atoms with E-state index in [1.54, 1.807) is 14.2 Å². The van der Waals surface area contributed by atoms with Gasteiger partial charge in [0, 0.05) is 52.2 Å². The van der Waals surface area contributed by atoms with E-state index in [9.17, 15) is 0 Å². The number of hydrogen-bond acceptors (Lipinski definition) is 5. The first-order chi connectivity index (χ1) is 9.15. The van der Waals surface area contributed by atoms with Gasteiger partial charge in [-0.2, -0.15) is 5.10 Å². The zero-order chi connectivity index (χ0) is 14.3. The molecule has 0 amide bonds. The summed E-state index contributed by atoms with van der Waals surface area (Å²) >= 11 is 0. The molecule has 1 heterocycles. The van der Waals surface area contributed by atoms with Crippen LogP contribution in [0.25, 0.3) is 0 Å². The SMILES string of the molecule is COCCN(CCOC)C(CN)c1cnn(C)c1C. The van der Waals surface area contributed by atoms with E-state index in [2.05, 4.69) is 16.9 Å². The summed E-state index contributed by atoms with van der Waals surface area (Å²) in [4.78, 5) is 2.29. The van der Waals surface area contributed by atoms with Gasteiger partial charge in [0.25, 0.3) is 0 Å². The second kappa shape index (κ2) is 8.27. The smallest absolute Gasteiger partial charge is 0.0589 e. The van der Waals surface area contributed by atoms with Crippen molar-refractivity contribution in [1.82, 2.24) is 14.7 Å². The van der Waals surface area contributed by atoms with E-state index >= 15 is 0 Å². The van der Waals surface area contributed by atoms with E-state index in [1.165, 1.54) is 5.56 Å². The van der Waals surface area contributed by atoms with Crippen molar-refractivity contribution in [1.29, 1.82) is 0 Å². The first-order valence-corrected chi connectivity index (χ1v) is 6.56. The number of methoxy groups -OCH3 is 2. The molecule has 0 aliphatic carbocycles. The van der Waals surface area contributed by atoms with Gasteiger partial charge in [-0.3, -0.25) is 9.58 Å². The number of rotatable bonds is 9. The Morgan fingerprint density at radius 1 is 1.32 bits per heavy atom. The molecule has 19 heavy (non-hydrogen) atoms. The summed E-state index contributed by atoms with van der Waals surface area (Å²) in [6, 6.07) is 0.152. The Balaban J connectivity index is 2.84. The minimum Gasteiger partial charge on any atom is -0.383 e. The molecule has 0 aromatic carbocycles. The molecule has 1 unspecified atom stereocenters. The molecule has 0 saturated carbocycles. The topological polar surface area (TPSA) is 65.5 Å². The van der Waals surface area contributed by atoms with Crippen LogP contribution in [0.1, 0.15) is 17.3 Å². The fourth-order valence-corrected chi connectivity index (χ4v) is 2.16. The molecule has 0 spiro atoms. The second-order valence-electron chi connectivity index (χ2n) is 4.58. The molecule has 0 bridgehead atoms. The predicted molar refractivity (Wildman–Crippen MR) is 75.1 cm³/mol. The highest BCUT2D eigenvalue weighted by atomic mass is 16.5. The van der Waals surface area contributed by atoms with Gasteiger partial charge in [-0.25, -0.2) is 0 Å². The highest BCUT2D eigenvalue weighted by molar-refractivity contribution is 5.21. The highest BCUT2D eigenvalue weighted by Gasteiger charge is 2.22. The van der Waals surface area contributed by atoms with Gasteiger partial charge < -0.3 is 15.2 Å². The Hall–Kier alpha value is -0.950. The number of aryl methyl sites for hydroxylation is 1. The molecular formula is C13H26N4O2. The first kappa shape index (κ1) is 16.1. The van der Waals surface area contributed by atoms with Gasteiger partial charge >= 0.3 is 0 Å². The van der Waals surface area contributed by atoms with Crippen molar-refractivity contribution in [2.75, 3.05) is 47.1 Å². The van der Waals surface area contributed by atoms with Gasteiger partial charge in [-0.15, -0.1) is 0 Å². The third kappa shape index (κ3) is 4.28. The molecule has 0 aliphatic heterocycles. The van der Waals surface area contributed by atoms with Crippen molar-refractivity contribution in [3.63, 3.8) is 0 Å². The van der Waals surface area contributed by atoms with Crippen molar-refractivity contribution in [2.45, 2.75) is 13.0 Å². The lowest BCUT2D eigenvalue weighted by molar-refractivity contribution is 0.0889. The minimum absolute atomic E-state index is 0.152. The van der Waals surface area contributed by atoms with Gasteiger partial charge in [-0.1, -0.05) is 0 Å². The molecular weight excluding hydrogens is 244 g/mol. The van der Waals surface area contributed by atoms with Crippen LogP contribution in [0, 0.1) is 6.92 Å². The number of hydrogen-bond donors (Lipinski definition) is 1. The van der Waals surface area contributed by atoms with Crippen LogP contribution in [-0.4, -0.2) is 61.7 Å². The van der Waals surface area contributed by atoms with Crippen LogP contribution in [0.15, 0.2) is 6.20 Å². The molecule has 1 aromatic rings. The van der Waals surface area contributed by atoms with Gasteiger partial charge in [0.1, 0.15) is 0 Å². The van der Waals surface area contributed by atoms with Crippen LogP contribution in [0.4, 0.5) is 0 Å². The molecule has 0 fully saturated rings.